The Kier molecular flexibility index (Phi) is 7.52. The molecule has 0 aliphatic rings. The molecule has 180 valence electrons. The summed E-state index contributed by atoms with van der Waals surface area (Å²) in [4.78, 5) is 23.8. The molecule has 1 amide bonds. The van der Waals surface area contributed by atoms with E-state index in [2.05, 4.69) is 10.0 Å². The van der Waals surface area contributed by atoms with Crippen LogP contribution in [0.2, 0.25) is 0 Å². The van der Waals surface area contributed by atoms with Gasteiger partial charge in [0, 0.05) is 25.4 Å². The minimum Gasteiger partial charge on any atom is -0.350 e. The normalized spacial score (nSPS) is 11.9. The van der Waals surface area contributed by atoms with Gasteiger partial charge >= 0.3 is 6.18 Å². The Bertz CT molecular complexity index is 1350. The highest BCUT2D eigenvalue weighted by atomic mass is 32.2. The molecule has 34 heavy (non-hydrogen) atoms. The first-order chi connectivity index (χ1) is 15.9. The molecule has 1 aromatic heterocycles. The summed E-state index contributed by atoms with van der Waals surface area (Å²) in [5, 5.41) is 2.44. The van der Waals surface area contributed by atoms with Crippen LogP contribution in [0.3, 0.4) is 0 Å². The van der Waals surface area contributed by atoms with Crippen molar-refractivity contribution in [1.29, 1.82) is 0 Å². The van der Waals surface area contributed by atoms with Crippen molar-refractivity contribution in [2.75, 3.05) is 0 Å². The maximum Gasteiger partial charge on any atom is 0.417 e. The highest BCUT2D eigenvalue weighted by molar-refractivity contribution is 7.89. The van der Waals surface area contributed by atoms with Crippen LogP contribution in [0.1, 0.15) is 16.7 Å². The van der Waals surface area contributed by atoms with Crippen LogP contribution in [0, 0.1) is 5.82 Å². The number of halogens is 4. The van der Waals surface area contributed by atoms with E-state index in [4.69, 9.17) is 0 Å². The van der Waals surface area contributed by atoms with Crippen LogP contribution in [0.4, 0.5) is 17.6 Å². The van der Waals surface area contributed by atoms with Crippen molar-refractivity contribution < 1.29 is 30.8 Å². The quantitative estimate of drug-likeness (QED) is 0.468. The van der Waals surface area contributed by atoms with Gasteiger partial charge in [-0.2, -0.15) is 13.2 Å². The van der Waals surface area contributed by atoms with E-state index in [9.17, 15) is 35.6 Å². The topological polar surface area (TPSA) is 97.3 Å². The molecule has 0 spiro atoms. The van der Waals surface area contributed by atoms with E-state index in [1.807, 2.05) is 0 Å². The number of alkyl halides is 3. The lowest BCUT2D eigenvalue weighted by Gasteiger charge is -2.12. The van der Waals surface area contributed by atoms with Crippen LogP contribution in [0.5, 0.6) is 0 Å². The van der Waals surface area contributed by atoms with Crippen molar-refractivity contribution >= 4 is 15.9 Å². The van der Waals surface area contributed by atoms with Gasteiger partial charge in [0.1, 0.15) is 12.4 Å². The lowest BCUT2D eigenvalue weighted by Crippen LogP contribution is -2.32. The average Bonchev–Trinajstić information content (AvgIpc) is 2.77. The largest absolute Gasteiger partial charge is 0.417 e. The van der Waals surface area contributed by atoms with E-state index in [0.717, 1.165) is 6.07 Å². The van der Waals surface area contributed by atoms with E-state index in [0.29, 0.717) is 28.0 Å². The standard InChI is InChI=1S/C22H19F4N3O4S/c23-18-5-1-3-15(9-18)12-28-34(32,33)19-6-2-4-16(10-19)11-27-20(30)14-29-13-17(22(24,25)26)7-8-21(29)31/h1-10,13,28H,11-12,14H2,(H,27,30). The minimum atomic E-state index is -4.67. The summed E-state index contributed by atoms with van der Waals surface area (Å²) in [6.07, 6.45) is -4.11. The second kappa shape index (κ2) is 10.2. The van der Waals surface area contributed by atoms with Crippen LogP contribution in [-0.4, -0.2) is 18.9 Å². The first kappa shape index (κ1) is 25.1. The van der Waals surface area contributed by atoms with Gasteiger partial charge in [0.2, 0.25) is 15.9 Å². The molecule has 0 unspecified atom stereocenters. The Morgan fingerprint density at radius 2 is 1.62 bits per heavy atom. The second-order valence-electron chi connectivity index (χ2n) is 7.26. The molecule has 0 fully saturated rings. The first-order valence-electron chi connectivity index (χ1n) is 9.81. The van der Waals surface area contributed by atoms with E-state index in [1.54, 1.807) is 12.1 Å². The number of pyridine rings is 1. The number of aromatic nitrogens is 1. The zero-order valence-corrected chi connectivity index (χ0v) is 18.3. The molecule has 7 nitrogen and oxygen atoms in total. The molecule has 3 rings (SSSR count). The molecule has 0 radical (unpaired) electrons. The molecular weight excluding hydrogens is 478 g/mol. The molecule has 0 atom stereocenters. The van der Waals surface area contributed by atoms with Gasteiger partial charge in [0.05, 0.1) is 10.5 Å². The van der Waals surface area contributed by atoms with Crippen LogP contribution in [0.25, 0.3) is 0 Å². The maximum atomic E-state index is 13.3. The van der Waals surface area contributed by atoms with E-state index in [-0.39, 0.29) is 18.0 Å². The van der Waals surface area contributed by atoms with Crippen LogP contribution >= 0.6 is 0 Å². The SMILES string of the molecule is O=C(Cn1cc(C(F)(F)F)ccc1=O)NCc1cccc(S(=O)(=O)NCc2cccc(F)c2)c1. The number of nitrogens with one attached hydrogen (secondary N) is 2. The predicted molar refractivity (Wildman–Crippen MR) is 114 cm³/mol. The Labute approximate surface area is 192 Å². The summed E-state index contributed by atoms with van der Waals surface area (Å²) in [5.74, 6) is -1.24. The van der Waals surface area contributed by atoms with Gasteiger partial charge in [-0.1, -0.05) is 24.3 Å². The van der Waals surface area contributed by atoms with Gasteiger partial charge in [-0.05, 0) is 41.5 Å². The highest BCUT2D eigenvalue weighted by Crippen LogP contribution is 2.28. The number of carbonyl (C=O) groups excluding carboxylic acids is 1. The Balaban J connectivity index is 1.63. The summed E-state index contributed by atoms with van der Waals surface area (Å²) in [6.45, 7) is -0.900. The number of hydrogen-bond donors (Lipinski definition) is 2. The Morgan fingerprint density at radius 1 is 0.941 bits per heavy atom. The molecule has 0 aliphatic heterocycles. The van der Waals surface area contributed by atoms with E-state index >= 15 is 0 Å². The Morgan fingerprint density at radius 3 is 2.29 bits per heavy atom. The molecule has 2 N–H and O–H groups in total. The number of hydrogen-bond acceptors (Lipinski definition) is 4. The van der Waals surface area contributed by atoms with Gasteiger partial charge in [-0.15, -0.1) is 0 Å². The minimum absolute atomic E-state index is 0.0928. The van der Waals surface area contributed by atoms with Crippen molar-refractivity contribution in [3.8, 4) is 0 Å². The fourth-order valence-electron chi connectivity index (χ4n) is 2.97. The molecule has 1 heterocycles. The highest BCUT2D eigenvalue weighted by Gasteiger charge is 2.31. The van der Waals surface area contributed by atoms with Crippen LogP contribution < -0.4 is 15.6 Å². The molecule has 12 heteroatoms. The number of rotatable bonds is 8. The van der Waals surface area contributed by atoms with E-state index < -0.39 is 45.6 Å². The van der Waals surface area contributed by atoms with Gasteiger partial charge in [-0.25, -0.2) is 17.5 Å². The van der Waals surface area contributed by atoms with E-state index in [1.165, 1.54) is 36.4 Å². The number of benzene rings is 2. The summed E-state index contributed by atoms with van der Waals surface area (Å²) < 4.78 is 79.8. The maximum absolute atomic E-state index is 13.3. The number of carbonyl (C=O) groups is 1. The van der Waals surface area contributed by atoms with Gasteiger partial charge in [0.25, 0.3) is 5.56 Å². The third-order valence-electron chi connectivity index (χ3n) is 4.68. The second-order valence-corrected chi connectivity index (χ2v) is 9.03. The third kappa shape index (κ3) is 6.75. The van der Waals surface area contributed by atoms with Crippen LogP contribution in [-0.2, 0) is 40.6 Å². The average molecular weight is 497 g/mol. The zero-order valence-electron chi connectivity index (χ0n) is 17.5. The van der Waals surface area contributed by atoms with Gasteiger partial charge in [-0.3, -0.25) is 9.59 Å². The molecular formula is C22H19F4N3O4S. The van der Waals surface area contributed by atoms with Crippen molar-refractivity contribution in [2.45, 2.75) is 30.7 Å². The molecule has 2 aromatic carbocycles. The van der Waals surface area contributed by atoms with Crippen molar-refractivity contribution in [3.63, 3.8) is 0 Å². The molecule has 0 saturated carbocycles. The molecule has 3 aromatic rings. The molecule has 0 bridgehead atoms. The van der Waals surface area contributed by atoms with Gasteiger partial charge in [0.15, 0.2) is 0 Å². The summed E-state index contributed by atoms with van der Waals surface area (Å²) >= 11 is 0. The van der Waals surface area contributed by atoms with Gasteiger partial charge < -0.3 is 9.88 Å². The monoisotopic (exact) mass is 497 g/mol. The lowest BCUT2D eigenvalue weighted by molar-refractivity contribution is -0.138. The number of sulfonamides is 1. The molecule has 0 saturated heterocycles. The summed E-state index contributed by atoms with van der Waals surface area (Å²) in [6, 6.07) is 12.4. The van der Waals surface area contributed by atoms with Crippen molar-refractivity contribution in [3.05, 3.63) is 99.7 Å². The van der Waals surface area contributed by atoms with Crippen molar-refractivity contribution in [2.24, 2.45) is 0 Å². The predicted octanol–water partition coefficient (Wildman–Crippen LogP) is 2.80. The number of nitrogens with zero attached hydrogens (tertiary/aromatic N) is 1. The third-order valence-corrected chi connectivity index (χ3v) is 6.08. The first-order valence-corrected chi connectivity index (χ1v) is 11.3. The Hall–Kier alpha value is -3.51. The fourth-order valence-corrected chi connectivity index (χ4v) is 4.05. The molecule has 0 aliphatic carbocycles. The number of amides is 1. The smallest absolute Gasteiger partial charge is 0.350 e. The lowest BCUT2D eigenvalue weighted by atomic mass is 10.2. The summed E-state index contributed by atoms with van der Waals surface area (Å²) in [7, 11) is -3.94. The summed E-state index contributed by atoms with van der Waals surface area (Å²) in [5.41, 5.74) is -1.01. The zero-order chi connectivity index (χ0) is 24.9. The van der Waals surface area contributed by atoms with Crippen LogP contribution in [0.15, 0.2) is 76.6 Å². The van der Waals surface area contributed by atoms with Crippen molar-refractivity contribution in [1.82, 2.24) is 14.6 Å². The fraction of sp³-hybridized carbons (Fsp3) is 0.182.